The molecule has 0 spiro atoms. The summed E-state index contributed by atoms with van der Waals surface area (Å²) in [6.07, 6.45) is -4.52. The number of carbonyl (C=O) groups is 2. The van der Waals surface area contributed by atoms with Gasteiger partial charge in [0.2, 0.25) is 0 Å². The number of anilines is 1. The molecule has 0 aliphatic heterocycles. The minimum Gasteiger partial charge on any atom is -0.355 e. The van der Waals surface area contributed by atoms with Gasteiger partial charge in [0.05, 0.1) is 11.1 Å². The van der Waals surface area contributed by atoms with E-state index in [0.29, 0.717) is 0 Å². The van der Waals surface area contributed by atoms with Crippen LogP contribution in [-0.2, 0) is 6.18 Å². The number of alkyl halides is 3. The van der Waals surface area contributed by atoms with Gasteiger partial charge in [0.15, 0.2) is 0 Å². The standard InChI is InChI=1S/C14H11F3N2O2S/c1-18-12(21)10-5-6-22-13(10)19-11(20)8-3-2-4-9(7-8)14(15,16)17/h2-7H,1H3,(H,18,21)(H,19,20). The summed E-state index contributed by atoms with van der Waals surface area (Å²) in [4.78, 5) is 23.6. The summed E-state index contributed by atoms with van der Waals surface area (Å²) in [5, 5.41) is 6.75. The number of hydrogen-bond donors (Lipinski definition) is 2. The van der Waals surface area contributed by atoms with Crippen LogP contribution in [-0.4, -0.2) is 18.9 Å². The Morgan fingerprint density at radius 2 is 1.86 bits per heavy atom. The molecule has 0 saturated carbocycles. The van der Waals surface area contributed by atoms with Crippen LogP contribution in [0.2, 0.25) is 0 Å². The Morgan fingerprint density at radius 3 is 2.50 bits per heavy atom. The maximum atomic E-state index is 12.6. The Hall–Kier alpha value is -2.35. The lowest BCUT2D eigenvalue weighted by atomic mass is 10.1. The summed E-state index contributed by atoms with van der Waals surface area (Å²) in [7, 11) is 1.44. The van der Waals surface area contributed by atoms with Crippen molar-refractivity contribution in [3.05, 3.63) is 52.4 Å². The highest BCUT2D eigenvalue weighted by atomic mass is 32.1. The molecule has 0 aliphatic rings. The third-order valence-electron chi connectivity index (χ3n) is 2.82. The van der Waals surface area contributed by atoms with Crippen molar-refractivity contribution in [2.24, 2.45) is 0 Å². The Balaban J connectivity index is 2.24. The minimum absolute atomic E-state index is 0.133. The van der Waals surface area contributed by atoms with Crippen molar-refractivity contribution in [3.8, 4) is 0 Å². The molecular weight excluding hydrogens is 317 g/mol. The molecule has 0 atom stereocenters. The average Bonchev–Trinajstić information content (AvgIpc) is 2.93. The van der Waals surface area contributed by atoms with E-state index in [1.165, 1.54) is 19.2 Å². The number of rotatable bonds is 3. The summed E-state index contributed by atoms with van der Waals surface area (Å²) in [5.74, 6) is -1.10. The van der Waals surface area contributed by atoms with Crippen molar-refractivity contribution in [3.63, 3.8) is 0 Å². The highest BCUT2D eigenvalue weighted by molar-refractivity contribution is 7.14. The third kappa shape index (κ3) is 3.45. The van der Waals surface area contributed by atoms with Crippen LogP contribution in [0.4, 0.5) is 18.2 Å². The molecule has 0 bridgehead atoms. The fourth-order valence-corrected chi connectivity index (χ4v) is 2.51. The first-order chi connectivity index (χ1) is 10.3. The lowest BCUT2D eigenvalue weighted by Crippen LogP contribution is -2.20. The van der Waals surface area contributed by atoms with Gasteiger partial charge in [-0.25, -0.2) is 0 Å². The number of amides is 2. The second kappa shape index (κ2) is 6.18. The van der Waals surface area contributed by atoms with Gasteiger partial charge in [0.1, 0.15) is 5.00 Å². The van der Waals surface area contributed by atoms with E-state index in [4.69, 9.17) is 0 Å². The van der Waals surface area contributed by atoms with Crippen LogP contribution in [0.5, 0.6) is 0 Å². The lowest BCUT2D eigenvalue weighted by molar-refractivity contribution is -0.137. The first-order valence-corrected chi connectivity index (χ1v) is 6.99. The van der Waals surface area contributed by atoms with Crippen LogP contribution in [0.3, 0.4) is 0 Å². The zero-order valence-electron chi connectivity index (χ0n) is 11.3. The molecule has 1 heterocycles. The van der Waals surface area contributed by atoms with Crippen molar-refractivity contribution < 1.29 is 22.8 Å². The Bertz CT molecular complexity index is 710. The van der Waals surface area contributed by atoms with Crippen LogP contribution in [0.25, 0.3) is 0 Å². The molecule has 1 aromatic heterocycles. The molecule has 2 amide bonds. The van der Waals surface area contributed by atoms with E-state index >= 15 is 0 Å². The second-order valence-corrected chi connectivity index (χ2v) is 5.19. The quantitative estimate of drug-likeness (QED) is 0.907. The highest BCUT2D eigenvalue weighted by Gasteiger charge is 2.31. The van der Waals surface area contributed by atoms with Gasteiger partial charge in [-0.3, -0.25) is 9.59 Å². The van der Waals surface area contributed by atoms with E-state index in [1.807, 2.05) is 0 Å². The normalized spacial score (nSPS) is 11.1. The maximum Gasteiger partial charge on any atom is 0.416 e. The van der Waals surface area contributed by atoms with Gasteiger partial charge in [-0.15, -0.1) is 11.3 Å². The van der Waals surface area contributed by atoms with E-state index in [1.54, 1.807) is 5.38 Å². The van der Waals surface area contributed by atoms with Crippen molar-refractivity contribution in [1.29, 1.82) is 0 Å². The zero-order valence-corrected chi connectivity index (χ0v) is 12.1. The molecular formula is C14H11F3N2O2S. The van der Waals surface area contributed by atoms with E-state index in [9.17, 15) is 22.8 Å². The van der Waals surface area contributed by atoms with E-state index in [0.717, 1.165) is 29.5 Å². The van der Waals surface area contributed by atoms with Gasteiger partial charge in [0, 0.05) is 12.6 Å². The SMILES string of the molecule is CNC(=O)c1ccsc1NC(=O)c1cccc(C(F)(F)F)c1. The summed E-state index contributed by atoms with van der Waals surface area (Å²) in [6, 6.07) is 5.61. The number of benzene rings is 1. The average molecular weight is 328 g/mol. The molecule has 2 rings (SSSR count). The van der Waals surface area contributed by atoms with Crippen LogP contribution >= 0.6 is 11.3 Å². The van der Waals surface area contributed by atoms with Crippen LogP contribution in [0.1, 0.15) is 26.3 Å². The summed E-state index contributed by atoms with van der Waals surface area (Å²) < 4.78 is 37.9. The fraction of sp³-hybridized carbons (Fsp3) is 0.143. The topological polar surface area (TPSA) is 58.2 Å². The Labute approximate surface area is 128 Å². The van der Waals surface area contributed by atoms with E-state index in [-0.39, 0.29) is 22.0 Å². The van der Waals surface area contributed by atoms with Gasteiger partial charge < -0.3 is 10.6 Å². The molecule has 0 radical (unpaired) electrons. The smallest absolute Gasteiger partial charge is 0.355 e. The monoisotopic (exact) mass is 328 g/mol. The van der Waals surface area contributed by atoms with Gasteiger partial charge >= 0.3 is 6.18 Å². The molecule has 2 N–H and O–H groups in total. The van der Waals surface area contributed by atoms with Crippen LogP contribution in [0.15, 0.2) is 35.7 Å². The number of thiophene rings is 1. The predicted molar refractivity (Wildman–Crippen MR) is 77.1 cm³/mol. The molecule has 22 heavy (non-hydrogen) atoms. The Morgan fingerprint density at radius 1 is 1.14 bits per heavy atom. The second-order valence-electron chi connectivity index (χ2n) is 4.28. The van der Waals surface area contributed by atoms with Crippen molar-refractivity contribution in [1.82, 2.24) is 5.32 Å². The number of nitrogens with one attached hydrogen (secondary N) is 2. The van der Waals surface area contributed by atoms with Gasteiger partial charge in [-0.05, 0) is 29.6 Å². The van der Waals surface area contributed by atoms with Crippen LogP contribution < -0.4 is 10.6 Å². The molecule has 0 fully saturated rings. The number of hydrogen-bond acceptors (Lipinski definition) is 3. The molecule has 116 valence electrons. The van der Waals surface area contributed by atoms with Gasteiger partial charge in [0.25, 0.3) is 11.8 Å². The number of halogens is 3. The fourth-order valence-electron chi connectivity index (χ4n) is 1.73. The number of carbonyl (C=O) groups excluding carboxylic acids is 2. The van der Waals surface area contributed by atoms with E-state index in [2.05, 4.69) is 10.6 Å². The molecule has 0 unspecified atom stereocenters. The molecule has 1 aromatic carbocycles. The molecule has 4 nitrogen and oxygen atoms in total. The predicted octanol–water partition coefficient (Wildman–Crippen LogP) is 3.38. The molecule has 0 aliphatic carbocycles. The summed E-state index contributed by atoms with van der Waals surface area (Å²) in [5.41, 5.74) is -0.781. The summed E-state index contributed by atoms with van der Waals surface area (Å²) in [6.45, 7) is 0. The first-order valence-electron chi connectivity index (χ1n) is 6.11. The molecule has 8 heteroatoms. The first kappa shape index (κ1) is 16.0. The van der Waals surface area contributed by atoms with Crippen molar-refractivity contribution in [2.75, 3.05) is 12.4 Å². The maximum absolute atomic E-state index is 12.6. The summed E-state index contributed by atoms with van der Waals surface area (Å²) >= 11 is 1.11. The highest BCUT2D eigenvalue weighted by Crippen LogP contribution is 2.30. The van der Waals surface area contributed by atoms with Crippen molar-refractivity contribution in [2.45, 2.75) is 6.18 Å². The van der Waals surface area contributed by atoms with Crippen LogP contribution in [0, 0.1) is 0 Å². The molecule has 2 aromatic rings. The van der Waals surface area contributed by atoms with Gasteiger partial charge in [-0.2, -0.15) is 13.2 Å². The molecule has 0 saturated heterocycles. The lowest BCUT2D eigenvalue weighted by Gasteiger charge is -2.09. The van der Waals surface area contributed by atoms with Crippen molar-refractivity contribution >= 4 is 28.2 Å². The minimum atomic E-state index is -4.52. The third-order valence-corrected chi connectivity index (χ3v) is 3.65. The van der Waals surface area contributed by atoms with E-state index < -0.39 is 17.6 Å². The van der Waals surface area contributed by atoms with Gasteiger partial charge in [-0.1, -0.05) is 6.07 Å². The largest absolute Gasteiger partial charge is 0.416 e. The zero-order chi connectivity index (χ0) is 16.3. The Kier molecular flexibility index (Phi) is 4.51.